The van der Waals surface area contributed by atoms with Crippen LogP contribution in [-0.4, -0.2) is 25.5 Å². The Morgan fingerprint density at radius 1 is 1.22 bits per heavy atom. The van der Waals surface area contributed by atoms with Crippen molar-refractivity contribution in [3.05, 3.63) is 47.2 Å². The van der Waals surface area contributed by atoms with Crippen molar-refractivity contribution < 1.29 is 0 Å². The molecule has 3 rings (SSSR count). The summed E-state index contributed by atoms with van der Waals surface area (Å²) in [6, 6.07) is 9.94. The molecule has 0 radical (unpaired) electrons. The van der Waals surface area contributed by atoms with Crippen molar-refractivity contribution >= 4 is 46.0 Å². The molecular weight excluding hydrogens is 351 g/mol. The zero-order chi connectivity index (χ0) is 16.2. The van der Waals surface area contributed by atoms with Gasteiger partial charge in [0.2, 0.25) is 0 Å². The standard InChI is InChI=1S/C16H16Cl2N4S/c1-2-8-23-16-20-14(18)12-9-19-22(15(12)21-16)10-13(17)11-6-4-3-5-7-11/h3-7,9,13H,2,8,10H2,1H3. The fourth-order valence-electron chi connectivity index (χ4n) is 2.21. The normalized spacial score (nSPS) is 12.7. The molecule has 120 valence electrons. The third-order valence-electron chi connectivity index (χ3n) is 3.36. The van der Waals surface area contributed by atoms with Crippen molar-refractivity contribution in [2.75, 3.05) is 5.75 Å². The average Bonchev–Trinajstić information content (AvgIpc) is 2.97. The van der Waals surface area contributed by atoms with E-state index in [4.69, 9.17) is 23.2 Å². The number of thioether (sulfide) groups is 1. The van der Waals surface area contributed by atoms with Crippen LogP contribution >= 0.6 is 35.0 Å². The van der Waals surface area contributed by atoms with Crippen LogP contribution in [0.5, 0.6) is 0 Å². The number of aromatic nitrogens is 4. The molecule has 0 amide bonds. The number of fused-ring (bicyclic) bond motifs is 1. The van der Waals surface area contributed by atoms with E-state index in [1.54, 1.807) is 22.6 Å². The minimum absolute atomic E-state index is 0.181. The molecule has 1 unspecified atom stereocenters. The molecule has 0 fully saturated rings. The molecule has 3 aromatic rings. The summed E-state index contributed by atoms with van der Waals surface area (Å²) in [5.41, 5.74) is 1.78. The topological polar surface area (TPSA) is 43.6 Å². The fourth-order valence-corrected chi connectivity index (χ4v) is 3.45. The first-order chi connectivity index (χ1) is 11.2. The fraction of sp³-hybridized carbons (Fsp3) is 0.312. The zero-order valence-corrected chi connectivity index (χ0v) is 14.9. The van der Waals surface area contributed by atoms with E-state index < -0.39 is 0 Å². The van der Waals surface area contributed by atoms with Crippen LogP contribution in [0.4, 0.5) is 0 Å². The van der Waals surface area contributed by atoms with Gasteiger partial charge in [0.05, 0.1) is 23.5 Å². The van der Waals surface area contributed by atoms with Crippen LogP contribution in [0.3, 0.4) is 0 Å². The van der Waals surface area contributed by atoms with Crippen molar-refractivity contribution in [1.29, 1.82) is 0 Å². The molecular formula is C16H16Cl2N4S. The highest BCUT2D eigenvalue weighted by Gasteiger charge is 2.15. The summed E-state index contributed by atoms with van der Waals surface area (Å²) >= 11 is 14.4. The van der Waals surface area contributed by atoms with Gasteiger partial charge in [-0.3, -0.25) is 0 Å². The van der Waals surface area contributed by atoms with Crippen LogP contribution in [0.1, 0.15) is 24.3 Å². The number of alkyl halides is 1. The number of hydrogen-bond acceptors (Lipinski definition) is 4. The van der Waals surface area contributed by atoms with Crippen molar-refractivity contribution in [3.63, 3.8) is 0 Å². The van der Waals surface area contributed by atoms with Gasteiger partial charge in [-0.15, -0.1) is 11.6 Å². The molecule has 1 aromatic carbocycles. The Bertz CT molecular complexity index is 791. The molecule has 0 saturated carbocycles. The van der Waals surface area contributed by atoms with Crippen LogP contribution in [0.15, 0.2) is 41.7 Å². The van der Waals surface area contributed by atoms with Gasteiger partial charge in [-0.1, -0.05) is 60.6 Å². The summed E-state index contributed by atoms with van der Waals surface area (Å²) in [4.78, 5) is 8.91. The van der Waals surface area contributed by atoms with Gasteiger partial charge in [0.15, 0.2) is 10.8 Å². The molecule has 2 aromatic heterocycles. The molecule has 2 heterocycles. The maximum atomic E-state index is 6.52. The Kier molecular flexibility index (Phi) is 5.41. The second-order valence-electron chi connectivity index (χ2n) is 5.09. The van der Waals surface area contributed by atoms with E-state index in [2.05, 4.69) is 22.0 Å². The highest BCUT2D eigenvalue weighted by Crippen LogP contribution is 2.27. The summed E-state index contributed by atoms with van der Waals surface area (Å²) in [6.07, 6.45) is 2.75. The molecule has 0 aliphatic carbocycles. The maximum absolute atomic E-state index is 6.52. The lowest BCUT2D eigenvalue weighted by Gasteiger charge is -2.10. The number of nitrogens with zero attached hydrogens (tertiary/aromatic N) is 4. The molecule has 0 spiro atoms. The molecule has 23 heavy (non-hydrogen) atoms. The van der Waals surface area contributed by atoms with Crippen molar-refractivity contribution in [1.82, 2.24) is 19.7 Å². The van der Waals surface area contributed by atoms with Gasteiger partial charge >= 0.3 is 0 Å². The number of halogens is 2. The van der Waals surface area contributed by atoms with Gasteiger partial charge in [-0.25, -0.2) is 14.6 Å². The van der Waals surface area contributed by atoms with E-state index in [0.717, 1.165) is 28.8 Å². The van der Waals surface area contributed by atoms with Crippen LogP contribution in [0.25, 0.3) is 11.0 Å². The second-order valence-corrected chi connectivity index (χ2v) is 7.03. The Balaban J connectivity index is 1.90. The first kappa shape index (κ1) is 16.6. The van der Waals surface area contributed by atoms with Crippen LogP contribution in [0.2, 0.25) is 5.15 Å². The minimum Gasteiger partial charge on any atom is -0.245 e. The van der Waals surface area contributed by atoms with Crippen molar-refractivity contribution in [3.8, 4) is 0 Å². The average molecular weight is 367 g/mol. The first-order valence-corrected chi connectivity index (χ1v) is 9.20. The molecule has 0 saturated heterocycles. The van der Waals surface area contributed by atoms with Crippen LogP contribution < -0.4 is 0 Å². The van der Waals surface area contributed by atoms with E-state index in [1.165, 1.54) is 0 Å². The number of rotatable bonds is 6. The van der Waals surface area contributed by atoms with E-state index in [1.807, 2.05) is 30.3 Å². The molecule has 4 nitrogen and oxygen atoms in total. The van der Waals surface area contributed by atoms with Gasteiger partial charge in [0, 0.05) is 5.75 Å². The van der Waals surface area contributed by atoms with E-state index in [0.29, 0.717) is 16.9 Å². The molecule has 0 bridgehead atoms. The predicted octanol–water partition coefficient (Wildman–Crippen LogP) is 4.96. The predicted molar refractivity (Wildman–Crippen MR) is 96.4 cm³/mol. The molecule has 0 aliphatic heterocycles. The molecule has 1 atom stereocenters. The quantitative estimate of drug-likeness (QED) is 0.267. The van der Waals surface area contributed by atoms with E-state index in [9.17, 15) is 0 Å². The third kappa shape index (κ3) is 3.79. The second kappa shape index (κ2) is 7.51. The van der Waals surface area contributed by atoms with Gasteiger partial charge < -0.3 is 0 Å². The Labute approximate surface area is 149 Å². The van der Waals surface area contributed by atoms with Crippen LogP contribution in [0, 0.1) is 0 Å². The van der Waals surface area contributed by atoms with Crippen molar-refractivity contribution in [2.45, 2.75) is 30.4 Å². The Morgan fingerprint density at radius 3 is 2.74 bits per heavy atom. The monoisotopic (exact) mass is 366 g/mol. The minimum atomic E-state index is -0.181. The summed E-state index contributed by atoms with van der Waals surface area (Å²) in [5, 5.41) is 6.07. The van der Waals surface area contributed by atoms with Gasteiger partial charge in [-0.2, -0.15) is 5.10 Å². The SMILES string of the molecule is CCCSc1nc(Cl)c2cnn(CC(Cl)c3ccccc3)c2n1. The number of benzene rings is 1. The third-order valence-corrected chi connectivity index (χ3v) is 5.09. The first-order valence-electron chi connectivity index (χ1n) is 7.40. The highest BCUT2D eigenvalue weighted by molar-refractivity contribution is 7.99. The maximum Gasteiger partial charge on any atom is 0.191 e. The van der Waals surface area contributed by atoms with Gasteiger partial charge in [0.1, 0.15) is 5.15 Å². The lowest BCUT2D eigenvalue weighted by Crippen LogP contribution is -2.07. The van der Waals surface area contributed by atoms with Gasteiger partial charge in [-0.05, 0) is 12.0 Å². The highest BCUT2D eigenvalue weighted by atomic mass is 35.5. The van der Waals surface area contributed by atoms with E-state index in [-0.39, 0.29) is 5.38 Å². The number of hydrogen-bond donors (Lipinski definition) is 0. The summed E-state index contributed by atoms with van der Waals surface area (Å²) in [5.74, 6) is 0.956. The largest absolute Gasteiger partial charge is 0.245 e. The Hall–Kier alpha value is -1.30. The van der Waals surface area contributed by atoms with E-state index >= 15 is 0 Å². The Morgan fingerprint density at radius 2 is 2.00 bits per heavy atom. The summed E-state index contributed by atoms with van der Waals surface area (Å²) in [7, 11) is 0. The molecule has 0 aliphatic rings. The lowest BCUT2D eigenvalue weighted by molar-refractivity contribution is 0.613. The summed E-state index contributed by atoms with van der Waals surface area (Å²) in [6.45, 7) is 2.65. The zero-order valence-electron chi connectivity index (χ0n) is 12.6. The van der Waals surface area contributed by atoms with Crippen LogP contribution in [-0.2, 0) is 6.54 Å². The molecule has 0 N–H and O–H groups in total. The van der Waals surface area contributed by atoms with Crippen molar-refractivity contribution in [2.24, 2.45) is 0 Å². The van der Waals surface area contributed by atoms with Gasteiger partial charge in [0.25, 0.3) is 0 Å². The lowest BCUT2D eigenvalue weighted by atomic mass is 10.1. The smallest absolute Gasteiger partial charge is 0.191 e. The molecule has 7 heteroatoms. The summed E-state index contributed by atoms with van der Waals surface area (Å²) < 4.78 is 1.80.